The summed E-state index contributed by atoms with van der Waals surface area (Å²) >= 11 is 0. The van der Waals surface area contributed by atoms with Crippen molar-refractivity contribution in [3.63, 3.8) is 0 Å². The molecule has 0 radical (unpaired) electrons. The number of likely N-dealkylation sites (tertiary alicyclic amines) is 1. The van der Waals surface area contributed by atoms with E-state index in [1.54, 1.807) is 7.11 Å². The zero-order valence-electron chi connectivity index (χ0n) is 10.9. The van der Waals surface area contributed by atoms with E-state index in [9.17, 15) is 4.79 Å². The Hall–Kier alpha value is -0.610. The number of nitrogens with one attached hydrogen (secondary N) is 1. The molecule has 2 heterocycles. The maximum atomic E-state index is 12.4. The Morgan fingerprint density at radius 3 is 2.82 bits per heavy atom. The minimum Gasteiger partial charge on any atom is -0.380 e. The first-order valence-corrected chi connectivity index (χ1v) is 6.78. The van der Waals surface area contributed by atoms with Crippen molar-refractivity contribution in [2.24, 2.45) is 0 Å². The van der Waals surface area contributed by atoms with Crippen LogP contribution in [0.5, 0.6) is 0 Å². The largest absolute Gasteiger partial charge is 0.380 e. The molecule has 98 valence electrons. The van der Waals surface area contributed by atoms with Crippen molar-refractivity contribution in [3.8, 4) is 0 Å². The summed E-state index contributed by atoms with van der Waals surface area (Å²) in [6.07, 6.45) is 5.70. The smallest absolute Gasteiger partial charge is 0.239 e. The molecular formula is C13H24N2O2. The van der Waals surface area contributed by atoms with Crippen LogP contribution in [-0.4, -0.2) is 49.2 Å². The molecule has 2 fully saturated rings. The van der Waals surface area contributed by atoms with Gasteiger partial charge in [0, 0.05) is 26.2 Å². The SMILES string of the molecule is COC1CCCN(C(=O)C2CCCC(C)N2)C1. The molecule has 0 saturated carbocycles. The van der Waals surface area contributed by atoms with Crippen LogP contribution in [0.25, 0.3) is 0 Å². The van der Waals surface area contributed by atoms with Crippen LogP contribution in [-0.2, 0) is 9.53 Å². The maximum Gasteiger partial charge on any atom is 0.239 e. The number of rotatable bonds is 2. The Balaban J connectivity index is 1.89. The van der Waals surface area contributed by atoms with Crippen LogP contribution >= 0.6 is 0 Å². The molecule has 3 atom stereocenters. The number of hydrogen-bond acceptors (Lipinski definition) is 3. The Morgan fingerprint density at radius 1 is 1.29 bits per heavy atom. The lowest BCUT2D eigenvalue weighted by Crippen LogP contribution is -2.54. The number of carbonyl (C=O) groups is 1. The van der Waals surface area contributed by atoms with Crippen LogP contribution in [0.3, 0.4) is 0 Å². The molecule has 2 aliphatic heterocycles. The van der Waals surface area contributed by atoms with Crippen LogP contribution in [0.1, 0.15) is 39.0 Å². The number of ether oxygens (including phenoxy) is 1. The molecule has 0 bridgehead atoms. The topological polar surface area (TPSA) is 41.6 Å². The van der Waals surface area contributed by atoms with Gasteiger partial charge in [-0.15, -0.1) is 0 Å². The third kappa shape index (κ3) is 3.19. The molecule has 17 heavy (non-hydrogen) atoms. The molecule has 0 aromatic rings. The van der Waals surface area contributed by atoms with E-state index in [2.05, 4.69) is 12.2 Å². The Morgan fingerprint density at radius 2 is 2.12 bits per heavy atom. The first kappa shape index (κ1) is 12.8. The number of nitrogens with zero attached hydrogens (tertiary/aromatic N) is 1. The van der Waals surface area contributed by atoms with Crippen LogP contribution in [0.2, 0.25) is 0 Å². The number of piperidine rings is 2. The second-order valence-corrected chi connectivity index (χ2v) is 5.34. The van der Waals surface area contributed by atoms with Gasteiger partial charge >= 0.3 is 0 Å². The molecule has 3 unspecified atom stereocenters. The van der Waals surface area contributed by atoms with Gasteiger partial charge in [0.25, 0.3) is 0 Å². The lowest BCUT2D eigenvalue weighted by molar-refractivity contribution is -0.137. The summed E-state index contributed by atoms with van der Waals surface area (Å²) < 4.78 is 5.37. The van der Waals surface area contributed by atoms with Crippen molar-refractivity contribution < 1.29 is 9.53 Å². The molecule has 0 aromatic carbocycles. The average Bonchev–Trinajstić information content (AvgIpc) is 2.38. The molecule has 2 aliphatic rings. The van der Waals surface area contributed by atoms with Gasteiger partial charge in [0.2, 0.25) is 5.91 Å². The van der Waals surface area contributed by atoms with Crippen molar-refractivity contribution in [2.45, 2.75) is 57.2 Å². The fourth-order valence-electron chi connectivity index (χ4n) is 2.88. The Kier molecular flexibility index (Phi) is 4.40. The van der Waals surface area contributed by atoms with E-state index in [4.69, 9.17) is 4.74 Å². The summed E-state index contributed by atoms with van der Waals surface area (Å²) in [5, 5.41) is 3.41. The normalized spacial score (nSPS) is 34.7. The highest BCUT2D eigenvalue weighted by molar-refractivity contribution is 5.82. The van der Waals surface area contributed by atoms with Crippen LogP contribution in [0.15, 0.2) is 0 Å². The molecule has 0 spiro atoms. The van der Waals surface area contributed by atoms with Gasteiger partial charge in [0.1, 0.15) is 0 Å². The molecule has 1 N–H and O–H groups in total. The molecule has 0 aliphatic carbocycles. The van der Waals surface area contributed by atoms with Crippen LogP contribution < -0.4 is 5.32 Å². The van der Waals surface area contributed by atoms with Gasteiger partial charge in [-0.2, -0.15) is 0 Å². The third-order valence-electron chi connectivity index (χ3n) is 3.94. The van der Waals surface area contributed by atoms with Crippen molar-refractivity contribution in [2.75, 3.05) is 20.2 Å². The van der Waals surface area contributed by atoms with E-state index in [1.165, 1.54) is 6.42 Å². The second-order valence-electron chi connectivity index (χ2n) is 5.34. The number of carbonyl (C=O) groups excluding carboxylic acids is 1. The Labute approximate surface area is 104 Å². The number of hydrogen-bond donors (Lipinski definition) is 1. The fraction of sp³-hybridized carbons (Fsp3) is 0.923. The van der Waals surface area contributed by atoms with E-state index in [0.29, 0.717) is 6.04 Å². The van der Waals surface area contributed by atoms with E-state index >= 15 is 0 Å². The minimum atomic E-state index is 0.0364. The maximum absolute atomic E-state index is 12.4. The van der Waals surface area contributed by atoms with Crippen molar-refractivity contribution in [1.82, 2.24) is 10.2 Å². The van der Waals surface area contributed by atoms with Gasteiger partial charge in [0.15, 0.2) is 0 Å². The molecule has 1 amide bonds. The molecule has 2 rings (SSSR count). The summed E-state index contributed by atoms with van der Waals surface area (Å²) in [6, 6.07) is 0.509. The van der Waals surface area contributed by atoms with Gasteiger partial charge < -0.3 is 15.0 Å². The van der Waals surface area contributed by atoms with Gasteiger partial charge in [0.05, 0.1) is 12.1 Å². The second kappa shape index (κ2) is 5.83. The summed E-state index contributed by atoms with van der Waals surface area (Å²) in [5.74, 6) is 0.276. The zero-order chi connectivity index (χ0) is 12.3. The number of amides is 1. The van der Waals surface area contributed by atoms with Crippen molar-refractivity contribution in [1.29, 1.82) is 0 Å². The zero-order valence-corrected chi connectivity index (χ0v) is 10.9. The monoisotopic (exact) mass is 240 g/mol. The van der Waals surface area contributed by atoms with E-state index in [0.717, 1.165) is 38.8 Å². The summed E-state index contributed by atoms with van der Waals surface area (Å²) in [5.41, 5.74) is 0. The first-order valence-electron chi connectivity index (χ1n) is 6.78. The predicted octanol–water partition coefficient (Wildman–Crippen LogP) is 1.15. The van der Waals surface area contributed by atoms with Crippen LogP contribution in [0.4, 0.5) is 0 Å². The summed E-state index contributed by atoms with van der Waals surface area (Å²) in [7, 11) is 1.74. The van der Waals surface area contributed by atoms with Gasteiger partial charge in [-0.25, -0.2) is 0 Å². The predicted molar refractivity (Wildman–Crippen MR) is 66.8 cm³/mol. The fourth-order valence-corrected chi connectivity index (χ4v) is 2.88. The van der Waals surface area contributed by atoms with Crippen LogP contribution in [0, 0.1) is 0 Å². The Bertz CT molecular complexity index is 270. The van der Waals surface area contributed by atoms with Crippen molar-refractivity contribution >= 4 is 5.91 Å². The lowest BCUT2D eigenvalue weighted by atomic mass is 9.97. The van der Waals surface area contributed by atoms with E-state index in [1.807, 2.05) is 4.90 Å². The molecule has 2 saturated heterocycles. The molecule has 4 heteroatoms. The highest BCUT2D eigenvalue weighted by Crippen LogP contribution is 2.18. The summed E-state index contributed by atoms with van der Waals surface area (Å²) in [4.78, 5) is 14.3. The highest BCUT2D eigenvalue weighted by Gasteiger charge is 2.30. The minimum absolute atomic E-state index is 0.0364. The standard InChI is InChI=1S/C13H24N2O2/c1-10-5-3-7-12(14-10)13(16)15-8-4-6-11(9-15)17-2/h10-12,14H,3-9H2,1-2H3. The third-order valence-corrected chi connectivity index (χ3v) is 3.94. The molecular weight excluding hydrogens is 216 g/mol. The average molecular weight is 240 g/mol. The summed E-state index contributed by atoms with van der Waals surface area (Å²) in [6.45, 7) is 3.82. The first-order chi connectivity index (χ1) is 8.20. The lowest BCUT2D eigenvalue weighted by Gasteiger charge is -2.36. The van der Waals surface area contributed by atoms with E-state index < -0.39 is 0 Å². The highest BCUT2D eigenvalue weighted by atomic mass is 16.5. The molecule has 4 nitrogen and oxygen atoms in total. The van der Waals surface area contributed by atoms with E-state index in [-0.39, 0.29) is 18.1 Å². The van der Waals surface area contributed by atoms with Gasteiger partial charge in [-0.05, 0) is 39.0 Å². The number of methoxy groups -OCH3 is 1. The van der Waals surface area contributed by atoms with Gasteiger partial charge in [-0.1, -0.05) is 0 Å². The van der Waals surface area contributed by atoms with Crippen molar-refractivity contribution in [3.05, 3.63) is 0 Å². The quantitative estimate of drug-likeness (QED) is 0.787. The van der Waals surface area contributed by atoms with Gasteiger partial charge in [-0.3, -0.25) is 4.79 Å². The molecule has 0 aromatic heterocycles.